The molecule has 4 nitrogen and oxygen atoms in total. The topological polar surface area (TPSA) is 52.6 Å². The Kier molecular flexibility index (Phi) is 9.89. The number of carbonyl (C=O) groups is 2. The van der Waals surface area contributed by atoms with Gasteiger partial charge in [0.1, 0.15) is 11.5 Å². The molecule has 0 unspecified atom stereocenters. The quantitative estimate of drug-likeness (QED) is 0.103. The highest BCUT2D eigenvalue weighted by Crippen LogP contribution is 2.46. The first-order chi connectivity index (χ1) is 30.0. The average Bonchev–Trinajstić information content (AvgIpc) is 3.33. The molecule has 7 heteroatoms. The summed E-state index contributed by atoms with van der Waals surface area (Å²) < 4.78 is 15.7. The Morgan fingerprint density at radius 1 is 0.311 bits per heavy atom. The lowest BCUT2D eigenvalue weighted by Crippen LogP contribution is -2.69. The number of rotatable bonds is 10. The summed E-state index contributed by atoms with van der Waals surface area (Å²) in [6, 6.07) is 74.0. The van der Waals surface area contributed by atoms with E-state index < -0.39 is 16.6 Å². The van der Waals surface area contributed by atoms with Crippen LogP contribution in [0, 0.1) is 0 Å². The summed E-state index contributed by atoms with van der Waals surface area (Å²) in [5.41, 5.74) is 2.12. The second-order valence-electron chi connectivity index (χ2n) is 15.1. The van der Waals surface area contributed by atoms with Crippen LogP contribution in [-0.2, 0) is 8.85 Å². The molecule has 10 rings (SSSR count). The van der Waals surface area contributed by atoms with Crippen molar-refractivity contribution in [2.45, 2.75) is 0 Å². The van der Waals surface area contributed by atoms with Gasteiger partial charge in [0.2, 0.25) is 0 Å². The Morgan fingerprint density at radius 3 is 0.934 bits per heavy atom. The van der Waals surface area contributed by atoms with Crippen molar-refractivity contribution in [1.82, 2.24) is 0 Å². The van der Waals surface area contributed by atoms with Gasteiger partial charge in [-0.1, -0.05) is 218 Å². The Bertz CT molecular complexity index is 2800. The minimum atomic E-state index is -3.55. The van der Waals surface area contributed by atoms with Crippen LogP contribution in [0.3, 0.4) is 0 Å². The number of ketones is 2. The Hall–Kier alpha value is -7.10. The van der Waals surface area contributed by atoms with Gasteiger partial charge in [0.25, 0.3) is 0 Å². The maximum Gasteiger partial charge on any atom is 0.346 e. The minimum absolute atomic E-state index is 0.158. The molecule has 8 aromatic carbocycles. The fraction of sp³-hybridized carbons (Fsp3) is 0. The minimum Gasteiger partial charge on any atom is -0.529 e. The normalized spacial score (nSPS) is 13.6. The fourth-order valence-electron chi connectivity index (χ4n) is 8.89. The number of Topliss-reactive ketones (excluding diaryl/α,β-unsaturated/α-hetero) is 2. The van der Waals surface area contributed by atoms with Crippen LogP contribution in [0.1, 0.15) is 31.8 Å². The summed E-state index contributed by atoms with van der Waals surface area (Å²) >= 11 is 6.77. The summed E-state index contributed by atoms with van der Waals surface area (Å²) in [6.07, 6.45) is 0. The van der Waals surface area contributed by atoms with Gasteiger partial charge in [-0.15, -0.1) is 0 Å². The van der Waals surface area contributed by atoms with Gasteiger partial charge < -0.3 is 8.85 Å². The van der Waals surface area contributed by atoms with Gasteiger partial charge in [-0.25, -0.2) is 0 Å². The van der Waals surface area contributed by atoms with Crippen molar-refractivity contribution in [3.8, 4) is 0 Å². The molecule has 0 spiro atoms. The second-order valence-corrected chi connectivity index (χ2v) is 22.1. The van der Waals surface area contributed by atoms with E-state index in [1.54, 1.807) is 18.2 Å². The molecule has 0 amide bonds. The molecular formula is C54H37ClO4Si2. The van der Waals surface area contributed by atoms with Crippen LogP contribution in [-0.4, -0.2) is 28.2 Å². The summed E-state index contributed by atoms with van der Waals surface area (Å²) in [5.74, 6) is -0.0281. The lowest BCUT2D eigenvalue weighted by Gasteiger charge is -2.40. The highest BCUT2D eigenvalue weighted by Gasteiger charge is 2.51. The van der Waals surface area contributed by atoms with Crippen LogP contribution in [0.25, 0.3) is 11.5 Å². The highest BCUT2D eigenvalue weighted by molar-refractivity contribution is 7.08. The van der Waals surface area contributed by atoms with Crippen LogP contribution in [0.5, 0.6) is 0 Å². The first kappa shape index (κ1) is 38.1. The Balaban J connectivity index is 1.34. The van der Waals surface area contributed by atoms with Gasteiger partial charge in [-0.05, 0) is 49.3 Å². The maximum atomic E-state index is 15.6. The SMILES string of the molecule is O=C1C2=C(O[Si](c3ccccc3)(c3ccccc3)c3ccccc3)c3ccc(Cl)cc3C(=O)C2=C(O[Si](c2ccccc2)(c2ccccc2)c2ccccc2)c2ccccc21. The van der Waals surface area contributed by atoms with Gasteiger partial charge in [0, 0.05) is 27.3 Å². The van der Waals surface area contributed by atoms with E-state index in [4.69, 9.17) is 20.5 Å². The number of hydrogen-bond acceptors (Lipinski definition) is 4. The molecule has 2 aliphatic carbocycles. The van der Waals surface area contributed by atoms with Crippen molar-refractivity contribution in [2.24, 2.45) is 0 Å². The van der Waals surface area contributed by atoms with Crippen molar-refractivity contribution in [3.63, 3.8) is 0 Å². The second kappa shape index (κ2) is 15.8. The van der Waals surface area contributed by atoms with Crippen LogP contribution in [0.4, 0.5) is 0 Å². The molecule has 292 valence electrons. The van der Waals surface area contributed by atoms with E-state index >= 15 is 9.59 Å². The third kappa shape index (κ3) is 6.35. The van der Waals surface area contributed by atoms with Gasteiger partial charge in [-0.2, -0.15) is 0 Å². The summed E-state index contributed by atoms with van der Waals surface area (Å²) in [5, 5.41) is 6.25. The number of benzene rings is 8. The zero-order valence-electron chi connectivity index (χ0n) is 32.9. The van der Waals surface area contributed by atoms with Crippen molar-refractivity contribution in [1.29, 1.82) is 0 Å². The van der Waals surface area contributed by atoms with Gasteiger partial charge in [-0.3, -0.25) is 9.59 Å². The van der Waals surface area contributed by atoms with E-state index in [1.807, 2.05) is 133 Å². The lowest BCUT2D eigenvalue weighted by atomic mass is 9.76. The van der Waals surface area contributed by atoms with E-state index in [0.29, 0.717) is 38.8 Å². The Morgan fingerprint density at radius 2 is 0.590 bits per heavy atom. The summed E-state index contributed by atoms with van der Waals surface area (Å²) in [6.45, 7) is 0. The third-order valence-corrected chi connectivity index (χ3v) is 19.8. The van der Waals surface area contributed by atoms with E-state index in [-0.39, 0.29) is 22.7 Å². The molecule has 0 fully saturated rings. The summed E-state index contributed by atoms with van der Waals surface area (Å²) in [7, 11) is -7.09. The summed E-state index contributed by atoms with van der Waals surface area (Å²) in [4.78, 5) is 31.1. The maximum absolute atomic E-state index is 15.6. The zero-order chi connectivity index (χ0) is 41.4. The van der Waals surface area contributed by atoms with Gasteiger partial charge >= 0.3 is 16.6 Å². The molecule has 0 heterocycles. The molecular weight excluding hydrogens is 804 g/mol. The Labute approximate surface area is 361 Å². The predicted octanol–water partition coefficient (Wildman–Crippen LogP) is 8.22. The molecule has 0 aliphatic heterocycles. The third-order valence-electron chi connectivity index (χ3n) is 11.6. The van der Waals surface area contributed by atoms with Crippen molar-refractivity contribution < 1.29 is 18.4 Å². The molecule has 0 atom stereocenters. The average molecular weight is 842 g/mol. The molecule has 0 radical (unpaired) electrons. The number of halogens is 1. The van der Waals surface area contributed by atoms with Crippen LogP contribution in [0.15, 0.2) is 236 Å². The molecule has 0 N–H and O–H groups in total. The molecule has 61 heavy (non-hydrogen) atoms. The fourth-order valence-corrected chi connectivity index (χ4v) is 16.8. The van der Waals surface area contributed by atoms with Crippen LogP contribution in [0.2, 0.25) is 5.02 Å². The van der Waals surface area contributed by atoms with Crippen LogP contribution < -0.4 is 31.1 Å². The smallest absolute Gasteiger partial charge is 0.346 e. The zero-order valence-corrected chi connectivity index (χ0v) is 35.6. The van der Waals surface area contributed by atoms with E-state index in [2.05, 4.69) is 72.8 Å². The highest BCUT2D eigenvalue weighted by atomic mass is 35.5. The predicted molar refractivity (Wildman–Crippen MR) is 251 cm³/mol. The molecule has 8 aromatic rings. The number of hydrogen-bond donors (Lipinski definition) is 0. The first-order valence-electron chi connectivity index (χ1n) is 20.2. The van der Waals surface area contributed by atoms with E-state index in [0.717, 1.165) is 31.1 Å². The monoisotopic (exact) mass is 840 g/mol. The van der Waals surface area contributed by atoms with E-state index in [9.17, 15) is 0 Å². The number of allylic oxidation sites excluding steroid dienone is 2. The molecule has 0 saturated heterocycles. The molecule has 0 aromatic heterocycles. The van der Waals surface area contributed by atoms with Crippen molar-refractivity contribution in [2.75, 3.05) is 0 Å². The van der Waals surface area contributed by atoms with Gasteiger partial charge in [0.05, 0.1) is 11.1 Å². The number of fused-ring (bicyclic) bond motifs is 3. The molecule has 2 aliphatic rings. The van der Waals surface area contributed by atoms with E-state index in [1.165, 1.54) is 0 Å². The van der Waals surface area contributed by atoms with Gasteiger partial charge in [0.15, 0.2) is 11.6 Å². The number of carbonyl (C=O) groups excluding carboxylic acids is 2. The standard InChI is InChI=1S/C54H37ClO4Si2/c55-38-35-36-47-48(37-38)52(57)50-49(54(47)59-61(42-27-13-4-14-28-42,43-29-15-5-16-30-43)44-31-17-6-18-32-44)51(56)45-33-19-20-34-46(45)53(50)58-60(39-21-7-1-8-22-39,40-23-9-2-10-24-40)41-25-11-3-12-26-41/h1-37H. The molecule has 0 bridgehead atoms. The van der Waals surface area contributed by atoms with Crippen molar-refractivity contribution >= 4 is 82.4 Å². The molecule has 0 saturated carbocycles. The van der Waals surface area contributed by atoms with Crippen molar-refractivity contribution in [3.05, 3.63) is 263 Å². The van der Waals surface area contributed by atoms with Crippen LogP contribution >= 0.6 is 11.6 Å². The lowest BCUT2D eigenvalue weighted by molar-refractivity contribution is 0.0989. The largest absolute Gasteiger partial charge is 0.529 e. The first-order valence-corrected chi connectivity index (χ1v) is 24.4.